The summed E-state index contributed by atoms with van der Waals surface area (Å²) in [6.07, 6.45) is 0.701. The van der Waals surface area contributed by atoms with E-state index in [-0.39, 0.29) is 5.92 Å². The van der Waals surface area contributed by atoms with Gasteiger partial charge in [-0.05, 0) is 48.2 Å². The highest BCUT2D eigenvalue weighted by Crippen LogP contribution is 2.35. The summed E-state index contributed by atoms with van der Waals surface area (Å²) in [4.78, 5) is 11.2. The lowest BCUT2D eigenvalue weighted by Gasteiger charge is -2.15. The Morgan fingerprint density at radius 3 is 2.43 bits per heavy atom. The van der Waals surface area contributed by atoms with Crippen molar-refractivity contribution < 1.29 is 9.53 Å². The molecule has 0 spiro atoms. The molecule has 0 radical (unpaired) electrons. The molecule has 0 amide bonds. The van der Waals surface area contributed by atoms with Crippen molar-refractivity contribution in [2.75, 3.05) is 0 Å². The van der Waals surface area contributed by atoms with Crippen LogP contribution in [0.15, 0.2) is 30.3 Å². The molecule has 2 aromatic rings. The molecule has 0 bridgehead atoms. The Balaban J connectivity index is 2.47. The van der Waals surface area contributed by atoms with Gasteiger partial charge in [-0.3, -0.25) is 4.79 Å². The Labute approximate surface area is 134 Å². The van der Waals surface area contributed by atoms with Crippen molar-refractivity contribution in [2.24, 2.45) is 0 Å². The second-order valence-corrected chi connectivity index (χ2v) is 5.98. The number of carbonyl (C=O) groups is 1. The fourth-order valence-corrected chi connectivity index (χ4v) is 2.71. The van der Waals surface area contributed by atoms with Crippen molar-refractivity contribution in [3.05, 3.63) is 57.1 Å². The van der Waals surface area contributed by atoms with Crippen LogP contribution in [0.1, 0.15) is 41.3 Å². The number of halogens is 2. The molecule has 0 fully saturated rings. The molecule has 2 nitrogen and oxygen atoms in total. The number of ether oxygens (including phenoxy) is 1. The van der Waals surface area contributed by atoms with Crippen LogP contribution in [0.2, 0.25) is 10.0 Å². The lowest BCUT2D eigenvalue weighted by Crippen LogP contribution is -1.96. The molecular weight excluding hydrogens is 307 g/mol. The normalized spacial score (nSPS) is 10.8. The van der Waals surface area contributed by atoms with Gasteiger partial charge in [-0.15, -0.1) is 0 Å². The summed E-state index contributed by atoms with van der Waals surface area (Å²) >= 11 is 12.3. The molecule has 0 aliphatic rings. The molecule has 2 rings (SSSR count). The summed E-state index contributed by atoms with van der Waals surface area (Å²) in [7, 11) is 0. The highest BCUT2D eigenvalue weighted by Gasteiger charge is 2.13. The second-order valence-electron chi connectivity index (χ2n) is 5.17. The molecule has 0 N–H and O–H groups in total. The average molecular weight is 323 g/mol. The summed E-state index contributed by atoms with van der Waals surface area (Å²) in [5.41, 5.74) is 2.26. The van der Waals surface area contributed by atoms with Crippen LogP contribution in [-0.4, -0.2) is 6.29 Å². The highest BCUT2D eigenvalue weighted by atomic mass is 35.5. The first-order valence-corrected chi connectivity index (χ1v) is 7.41. The molecule has 0 saturated heterocycles. The van der Waals surface area contributed by atoms with Crippen LogP contribution in [-0.2, 0) is 0 Å². The molecule has 0 aliphatic carbocycles. The molecular formula is C17H16Cl2O2. The Morgan fingerprint density at radius 1 is 1.10 bits per heavy atom. The number of carbonyl (C=O) groups excluding carboxylic acids is 1. The maximum absolute atomic E-state index is 11.2. The van der Waals surface area contributed by atoms with E-state index in [0.717, 1.165) is 16.1 Å². The topological polar surface area (TPSA) is 26.3 Å². The number of rotatable bonds is 4. The van der Waals surface area contributed by atoms with E-state index in [1.807, 2.05) is 19.1 Å². The quantitative estimate of drug-likeness (QED) is 0.642. The number of aryl methyl sites for hydroxylation is 1. The molecule has 0 saturated carbocycles. The lowest BCUT2D eigenvalue weighted by molar-refractivity contribution is 0.112. The number of aldehydes is 1. The van der Waals surface area contributed by atoms with Gasteiger partial charge in [0.2, 0.25) is 0 Å². The predicted molar refractivity (Wildman–Crippen MR) is 87.2 cm³/mol. The van der Waals surface area contributed by atoms with Gasteiger partial charge in [0.1, 0.15) is 11.5 Å². The minimum Gasteiger partial charge on any atom is -0.456 e. The standard InChI is InChI=1S/C17H16Cl2O2/c1-10(2)12-8-17(11(3)7-15(12)19)21-16-6-4-5-14(18)13(16)9-20/h4-10H,1-3H3. The number of benzene rings is 2. The van der Waals surface area contributed by atoms with Gasteiger partial charge in [0.15, 0.2) is 6.29 Å². The van der Waals surface area contributed by atoms with Crippen LogP contribution in [0.3, 0.4) is 0 Å². The van der Waals surface area contributed by atoms with Crippen molar-refractivity contribution in [1.29, 1.82) is 0 Å². The molecule has 2 aromatic carbocycles. The maximum atomic E-state index is 11.2. The van der Waals surface area contributed by atoms with Gasteiger partial charge in [-0.2, -0.15) is 0 Å². The van der Waals surface area contributed by atoms with E-state index in [4.69, 9.17) is 27.9 Å². The van der Waals surface area contributed by atoms with Crippen molar-refractivity contribution in [3.63, 3.8) is 0 Å². The van der Waals surface area contributed by atoms with Gasteiger partial charge < -0.3 is 4.74 Å². The first-order chi connectivity index (χ1) is 9.93. The van der Waals surface area contributed by atoms with Crippen LogP contribution in [0.5, 0.6) is 11.5 Å². The fraction of sp³-hybridized carbons (Fsp3) is 0.235. The Bertz CT molecular complexity index is 679. The van der Waals surface area contributed by atoms with Gasteiger partial charge in [0.25, 0.3) is 0 Å². The van der Waals surface area contributed by atoms with Crippen molar-refractivity contribution >= 4 is 29.5 Å². The summed E-state index contributed by atoms with van der Waals surface area (Å²) < 4.78 is 5.88. The minimum atomic E-state index is 0.283. The first kappa shape index (κ1) is 15.9. The average Bonchev–Trinajstić information content (AvgIpc) is 2.41. The van der Waals surface area contributed by atoms with Gasteiger partial charge in [0, 0.05) is 5.02 Å². The van der Waals surface area contributed by atoms with Crippen molar-refractivity contribution in [2.45, 2.75) is 26.7 Å². The molecule has 110 valence electrons. The maximum Gasteiger partial charge on any atom is 0.155 e. The zero-order valence-corrected chi connectivity index (χ0v) is 13.6. The summed E-state index contributed by atoms with van der Waals surface area (Å²) in [6, 6.07) is 8.92. The van der Waals surface area contributed by atoms with Gasteiger partial charge in [-0.1, -0.05) is 43.1 Å². The third kappa shape index (κ3) is 3.39. The summed E-state index contributed by atoms with van der Waals surface area (Å²) in [6.45, 7) is 6.05. The van der Waals surface area contributed by atoms with Gasteiger partial charge in [0.05, 0.1) is 10.6 Å². The van der Waals surface area contributed by atoms with Crippen LogP contribution in [0, 0.1) is 6.92 Å². The SMILES string of the molecule is Cc1cc(Cl)c(C(C)C)cc1Oc1cccc(Cl)c1C=O. The highest BCUT2D eigenvalue weighted by molar-refractivity contribution is 6.33. The number of hydrogen-bond donors (Lipinski definition) is 0. The zero-order chi connectivity index (χ0) is 15.6. The van der Waals surface area contributed by atoms with Crippen molar-refractivity contribution in [1.82, 2.24) is 0 Å². The molecule has 0 aromatic heterocycles. The van der Waals surface area contributed by atoms with Crippen molar-refractivity contribution in [3.8, 4) is 11.5 Å². The Morgan fingerprint density at radius 2 is 1.81 bits per heavy atom. The molecule has 4 heteroatoms. The van der Waals surface area contributed by atoms with Crippen LogP contribution in [0.25, 0.3) is 0 Å². The minimum absolute atomic E-state index is 0.283. The largest absolute Gasteiger partial charge is 0.456 e. The second kappa shape index (κ2) is 6.50. The number of hydrogen-bond acceptors (Lipinski definition) is 2. The van der Waals surface area contributed by atoms with E-state index >= 15 is 0 Å². The van der Waals surface area contributed by atoms with Gasteiger partial charge in [-0.25, -0.2) is 0 Å². The predicted octanol–water partition coefficient (Wildman–Crippen LogP) is 6.03. The zero-order valence-electron chi connectivity index (χ0n) is 12.1. The Hall–Kier alpha value is -1.51. The first-order valence-electron chi connectivity index (χ1n) is 6.65. The molecule has 0 unspecified atom stereocenters. The molecule has 0 aliphatic heterocycles. The van der Waals surface area contributed by atoms with E-state index in [0.29, 0.717) is 28.4 Å². The molecule has 21 heavy (non-hydrogen) atoms. The summed E-state index contributed by atoms with van der Waals surface area (Å²) in [5, 5.41) is 1.09. The van der Waals surface area contributed by atoms with E-state index in [9.17, 15) is 4.79 Å². The lowest BCUT2D eigenvalue weighted by atomic mass is 10.0. The molecule has 0 heterocycles. The molecule has 0 atom stereocenters. The third-order valence-electron chi connectivity index (χ3n) is 3.27. The van der Waals surface area contributed by atoms with E-state index < -0.39 is 0 Å². The van der Waals surface area contributed by atoms with E-state index in [2.05, 4.69) is 13.8 Å². The van der Waals surface area contributed by atoms with Crippen LogP contribution >= 0.6 is 23.2 Å². The van der Waals surface area contributed by atoms with Crippen LogP contribution in [0.4, 0.5) is 0 Å². The summed E-state index contributed by atoms with van der Waals surface area (Å²) in [5.74, 6) is 1.40. The van der Waals surface area contributed by atoms with Gasteiger partial charge >= 0.3 is 0 Å². The smallest absolute Gasteiger partial charge is 0.155 e. The third-order valence-corrected chi connectivity index (χ3v) is 3.92. The van der Waals surface area contributed by atoms with E-state index in [1.54, 1.807) is 18.2 Å². The Kier molecular flexibility index (Phi) is 4.92. The van der Waals surface area contributed by atoms with Crippen LogP contribution < -0.4 is 4.74 Å². The fourth-order valence-electron chi connectivity index (χ4n) is 2.06. The monoisotopic (exact) mass is 322 g/mol. The van der Waals surface area contributed by atoms with E-state index in [1.165, 1.54) is 0 Å².